The smallest absolute Gasteiger partial charge is 0.433 e. The maximum Gasteiger partial charge on any atom is 0.433 e. The Balaban J connectivity index is 0.000000203. The first-order valence-electron chi connectivity index (χ1n) is 26.2. The number of carbonyl (C=O) groups excluding carboxylic acids is 2. The van der Waals surface area contributed by atoms with Crippen molar-refractivity contribution in [3.8, 4) is 34.2 Å². The highest BCUT2D eigenvalue weighted by molar-refractivity contribution is 6.67. The van der Waals surface area contributed by atoms with E-state index in [1.807, 2.05) is 20.8 Å². The zero-order chi connectivity index (χ0) is 64.0. The summed E-state index contributed by atoms with van der Waals surface area (Å²) < 4.78 is 101. The van der Waals surface area contributed by atoms with Crippen molar-refractivity contribution >= 4 is 40.4 Å². The largest absolute Gasteiger partial charge is 0.478 e. The number of nitrogen functional groups attached to an aromatic ring is 1. The quantitative estimate of drug-likeness (QED) is 0.0381. The molecule has 32 heteroatoms. The maximum absolute atomic E-state index is 13.6. The zero-order valence-corrected chi connectivity index (χ0v) is 47.6. The Bertz CT molecular complexity index is 3860. The molecule has 0 atom stereocenters. The highest BCUT2D eigenvalue weighted by Crippen LogP contribution is 2.35. The van der Waals surface area contributed by atoms with Crippen LogP contribution < -0.4 is 27.7 Å². The van der Waals surface area contributed by atoms with Gasteiger partial charge in [0.05, 0.1) is 47.9 Å². The number of hydrogen-bond donors (Lipinski definition) is 3. The van der Waals surface area contributed by atoms with Crippen LogP contribution in [0.15, 0.2) is 155 Å². The number of pyridine rings is 5. The number of nitrogens with one attached hydrogen (secondary N) is 1. The van der Waals surface area contributed by atoms with Gasteiger partial charge in [-0.2, -0.15) is 36.5 Å². The molecule has 0 radical (unpaired) electrons. The Hall–Kier alpha value is -10.1. The van der Waals surface area contributed by atoms with Gasteiger partial charge in [0.25, 0.3) is 27.8 Å². The van der Waals surface area contributed by atoms with Crippen LogP contribution in [-0.4, -0.2) is 125 Å². The van der Waals surface area contributed by atoms with Crippen LogP contribution in [0.3, 0.4) is 0 Å². The highest BCUT2D eigenvalue weighted by Gasteiger charge is 2.38. The fraction of sp³-hybridized carbons (Fsp3) is 0.250. The number of rotatable bonds is 20. The van der Waals surface area contributed by atoms with E-state index < -0.39 is 40.9 Å². The number of aromatic nitrogens is 13. The molecule has 0 aromatic carbocycles. The van der Waals surface area contributed by atoms with Gasteiger partial charge in [0.2, 0.25) is 0 Å². The van der Waals surface area contributed by atoms with Gasteiger partial charge in [-0.25, -0.2) is 14.2 Å². The van der Waals surface area contributed by atoms with E-state index in [4.69, 9.17) is 36.7 Å². The molecule has 0 aliphatic heterocycles. The van der Waals surface area contributed by atoms with Gasteiger partial charge in [-0.05, 0) is 111 Å². The molecule has 9 aromatic heterocycles. The van der Waals surface area contributed by atoms with E-state index >= 15 is 0 Å². The van der Waals surface area contributed by atoms with Crippen molar-refractivity contribution in [1.82, 2.24) is 63.6 Å². The molecule has 0 spiro atoms. The molecule has 0 saturated heterocycles. The Morgan fingerprint density at radius 3 is 1.36 bits per heavy atom. The molecular formula is C56H54ClF6N15O10. The van der Waals surface area contributed by atoms with Crippen LogP contribution in [0.2, 0.25) is 0 Å². The van der Waals surface area contributed by atoms with Crippen molar-refractivity contribution in [2.45, 2.75) is 52.8 Å². The van der Waals surface area contributed by atoms with Gasteiger partial charge in [-0.15, -0.1) is 20.4 Å². The number of carbonyl (C=O) groups is 3. The van der Waals surface area contributed by atoms with E-state index in [1.54, 1.807) is 24.3 Å². The summed E-state index contributed by atoms with van der Waals surface area (Å²) in [5.41, 5.74) is 4.39. The third-order valence-corrected chi connectivity index (χ3v) is 11.9. The van der Waals surface area contributed by atoms with Crippen LogP contribution in [0.4, 0.5) is 38.0 Å². The van der Waals surface area contributed by atoms with Crippen LogP contribution in [0, 0.1) is 0 Å². The van der Waals surface area contributed by atoms with Crippen LogP contribution in [0.1, 0.15) is 63.2 Å². The molecule has 4 N–H and O–H groups in total. The number of ether oxygens (including phenoxy) is 3. The summed E-state index contributed by atoms with van der Waals surface area (Å²) in [6, 6.07) is 21.4. The summed E-state index contributed by atoms with van der Waals surface area (Å²) in [5.74, 6) is -1.77. The molecule has 462 valence electrons. The minimum atomic E-state index is -4.70. The molecular weight excluding hydrogens is 1190 g/mol. The summed E-state index contributed by atoms with van der Waals surface area (Å²) >= 11 is 5.30. The number of anilines is 2. The number of aromatic carboxylic acids is 1. The van der Waals surface area contributed by atoms with Crippen LogP contribution >= 0.6 is 11.6 Å². The first kappa shape index (κ1) is 67.0. The third-order valence-electron chi connectivity index (χ3n) is 11.6. The van der Waals surface area contributed by atoms with Gasteiger partial charge in [0.15, 0.2) is 28.8 Å². The van der Waals surface area contributed by atoms with Gasteiger partial charge >= 0.3 is 18.3 Å². The molecule has 0 aliphatic carbocycles. The minimum absolute atomic E-state index is 0.00372. The number of hydrogen-bond acceptors (Lipinski definition) is 18. The SMILES string of the molecule is CCOCCn1cc(C(=O)Cl)ccc1=O.CCOCCn1cc(C(=O)Nc2ccc(-n3nc(-c4cccnc4)cc3C(F)(F)F)nn2)ccc1=O.CCOCCn1cc(C(=O)O)ccc1=O.Nc1ccc(-n2nc(-c3cccnc3)cc2C(F)(F)F)nn1. The van der Waals surface area contributed by atoms with E-state index in [9.17, 15) is 55.1 Å². The highest BCUT2D eigenvalue weighted by atomic mass is 35.5. The molecule has 0 bridgehead atoms. The molecule has 9 aromatic rings. The van der Waals surface area contributed by atoms with Gasteiger partial charge < -0.3 is 44.1 Å². The van der Waals surface area contributed by atoms with Crippen LogP contribution in [0.25, 0.3) is 34.2 Å². The van der Waals surface area contributed by atoms with Crippen molar-refractivity contribution in [2.75, 3.05) is 50.7 Å². The number of carboxylic acid groups (broad SMARTS) is 1. The second-order valence-corrected chi connectivity index (χ2v) is 18.0. The number of nitrogens with zero attached hydrogens (tertiary/aromatic N) is 13. The molecule has 25 nitrogen and oxygen atoms in total. The van der Waals surface area contributed by atoms with E-state index in [1.165, 1.54) is 118 Å². The van der Waals surface area contributed by atoms with Crippen LogP contribution in [-0.2, 0) is 46.2 Å². The Kier molecular flexibility index (Phi) is 24.3. The number of alkyl halides is 6. The zero-order valence-electron chi connectivity index (χ0n) is 46.8. The Morgan fingerprint density at radius 1 is 0.568 bits per heavy atom. The molecule has 0 unspecified atom stereocenters. The lowest BCUT2D eigenvalue weighted by Gasteiger charge is -2.10. The molecule has 0 aliphatic rings. The van der Waals surface area contributed by atoms with Crippen molar-refractivity contribution in [1.29, 1.82) is 0 Å². The average Bonchev–Trinajstić information content (AvgIpc) is 2.19. The minimum Gasteiger partial charge on any atom is -0.478 e. The lowest BCUT2D eigenvalue weighted by Crippen LogP contribution is -2.24. The fourth-order valence-electron chi connectivity index (χ4n) is 7.38. The number of carboxylic acids is 1. The van der Waals surface area contributed by atoms with Gasteiger partial charge in [-0.3, -0.25) is 33.9 Å². The second-order valence-electron chi connectivity index (χ2n) is 17.7. The Morgan fingerprint density at radius 2 is 0.989 bits per heavy atom. The first-order valence-corrected chi connectivity index (χ1v) is 26.6. The average molecular weight is 1250 g/mol. The number of amides is 1. The number of halogens is 7. The van der Waals surface area contributed by atoms with Gasteiger partial charge in [0, 0.05) is 112 Å². The van der Waals surface area contributed by atoms with Crippen molar-refractivity contribution in [3.63, 3.8) is 0 Å². The monoisotopic (exact) mass is 1250 g/mol. The normalized spacial score (nSPS) is 11.1. The third kappa shape index (κ3) is 19.5. The van der Waals surface area contributed by atoms with E-state index in [0.717, 1.165) is 12.1 Å². The summed E-state index contributed by atoms with van der Waals surface area (Å²) in [5, 5.41) is 33.5. The molecule has 88 heavy (non-hydrogen) atoms. The van der Waals surface area contributed by atoms with E-state index in [0.29, 0.717) is 78.8 Å². The van der Waals surface area contributed by atoms with E-state index in [-0.39, 0.29) is 69.0 Å². The molecule has 9 heterocycles. The Labute approximate surface area is 499 Å². The summed E-state index contributed by atoms with van der Waals surface area (Å²) in [6.07, 6.45) is 0.718. The molecule has 9 rings (SSSR count). The number of nitrogens with two attached hydrogens (primary N) is 1. The predicted octanol–water partition coefficient (Wildman–Crippen LogP) is 7.37. The predicted molar refractivity (Wildman–Crippen MR) is 306 cm³/mol. The summed E-state index contributed by atoms with van der Waals surface area (Å²) in [7, 11) is 0. The van der Waals surface area contributed by atoms with E-state index in [2.05, 4.69) is 45.9 Å². The maximum atomic E-state index is 13.6. The van der Waals surface area contributed by atoms with Crippen molar-refractivity contribution in [2.24, 2.45) is 0 Å². The summed E-state index contributed by atoms with van der Waals surface area (Å²) in [6.45, 7) is 9.45. The molecule has 1 amide bonds. The van der Waals surface area contributed by atoms with Crippen molar-refractivity contribution in [3.05, 3.63) is 200 Å². The fourth-order valence-corrected chi connectivity index (χ4v) is 7.50. The van der Waals surface area contributed by atoms with Crippen molar-refractivity contribution < 1.29 is 60.0 Å². The lowest BCUT2D eigenvalue weighted by atomic mass is 10.2. The molecule has 0 saturated carbocycles. The van der Waals surface area contributed by atoms with Gasteiger partial charge in [-0.1, -0.05) is 0 Å². The first-order chi connectivity index (χ1) is 42.0. The standard InChI is InChI=1S/C23H20F3N7O3.C13H9F3N6.C10H12ClNO3.C10H13NO4/c1-2-36-11-10-32-14-16(5-8-21(32)34)22(35)28-19-6-7-20(30-29-19)33-18(23(24,25)26)12-17(31-33)15-4-3-9-27-13-15;14-13(15,16)10-6-9(8-2-1-5-18-7-8)21-22(10)12-4-3-11(17)19-20-12;1-2-15-6-5-12-7-8(10(11)14)3-4-9(12)13;1-2-15-6-5-11-7-8(10(13)14)3-4-9(11)12/h3-9,12-14H,2,10-11H2,1H3,(H,28,29,35);1-7H,(H2,17,19);3-4,7H,2,5-6H2,1H3;3-4,7H,2,5-6H2,1H3,(H,13,14). The van der Waals surface area contributed by atoms with Gasteiger partial charge in [0.1, 0.15) is 5.82 Å². The second kappa shape index (κ2) is 31.9. The topological polar surface area (TPSA) is 316 Å². The molecule has 0 fully saturated rings. The lowest BCUT2D eigenvalue weighted by molar-refractivity contribution is -0.143. The summed E-state index contributed by atoms with van der Waals surface area (Å²) in [4.78, 5) is 76.5. The van der Waals surface area contributed by atoms with Crippen LogP contribution in [0.5, 0.6) is 0 Å².